The first-order valence-electron chi connectivity index (χ1n) is 4.92. The van der Waals surface area contributed by atoms with E-state index in [9.17, 15) is 13.2 Å². The van der Waals surface area contributed by atoms with Gasteiger partial charge in [0.25, 0.3) is 0 Å². The van der Waals surface area contributed by atoms with Gasteiger partial charge in [0.15, 0.2) is 11.6 Å². The smallest absolute Gasteiger partial charge is 0.222 e. The van der Waals surface area contributed by atoms with Crippen LogP contribution in [0, 0.1) is 28.8 Å². The maximum absolute atomic E-state index is 13.7. The lowest BCUT2D eigenvalue weighted by molar-refractivity contribution is 0.497. The summed E-state index contributed by atoms with van der Waals surface area (Å²) in [6, 6.07) is 2.71. The third-order valence-corrected chi connectivity index (χ3v) is 2.31. The second kappa shape index (κ2) is 4.45. The molecule has 0 bridgehead atoms. The molecule has 0 saturated carbocycles. The average molecular weight is 265 g/mol. The second-order valence-corrected chi connectivity index (χ2v) is 3.55. The van der Waals surface area contributed by atoms with Crippen molar-refractivity contribution in [2.24, 2.45) is 0 Å². The molecule has 0 spiro atoms. The second-order valence-electron chi connectivity index (χ2n) is 3.55. The summed E-state index contributed by atoms with van der Waals surface area (Å²) in [7, 11) is 0. The third kappa shape index (κ3) is 2.13. The first-order chi connectivity index (χ1) is 8.93. The minimum Gasteiger partial charge on any atom is -0.382 e. The largest absolute Gasteiger partial charge is 0.382 e. The molecule has 1 heterocycles. The topological polar surface area (TPSA) is 102 Å². The quantitative estimate of drug-likeness (QED) is 0.762. The van der Waals surface area contributed by atoms with Gasteiger partial charge in [0.05, 0.1) is 5.69 Å². The van der Waals surface area contributed by atoms with Crippen LogP contribution in [0.5, 0.6) is 0 Å². The lowest BCUT2D eigenvalue weighted by Gasteiger charge is -2.08. The van der Waals surface area contributed by atoms with Gasteiger partial charge < -0.3 is 11.5 Å². The van der Waals surface area contributed by atoms with Gasteiger partial charge in [-0.3, -0.25) is 0 Å². The van der Waals surface area contributed by atoms with Crippen LogP contribution in [-0.2, 0) is 0 Å². The highest BCUT2D eigenvalue weighted by Gasteiger charge is 2.20. The number of benzene rings is 1. The Kier molecular flexibility index (Phi) is 2.96. The van der Waals surface area contributed by atoms with Crippen molar-refractivity contribution in [2.45, 2.75) is 0 Å². The van der Waals surface area contributed by atoms with Gasteiger partial charge in [-0.2, -0.15) is 10.2 Å². The number of rotatable bonds is 1. The van der Waals surface area contributed by atoms with Crippen LogP contribution in [0.1, 0.15) is 5.56 Å². The minimum atomic E-state index is -1.41. The minimum absolute atomic E-state index is 0.297. The van der Waals surface area contributed by atoms with E-state index in [1.165, 1.54) is 0 Å². The lowest BCUT2D eigenvalue weighted by atomic mass is 10.1. The standard InChI is InChI=1S/C11H6F3N5/c12-4-1-5(8(14)7(13)2-4)9-6(3-15)10(16)19-11(17)18-9/h1-2H,(H4,16,17,18,19). The number of nitrogens with zero attached hydrogens (tertiary/aromatic N) is 3. The summed E-state index contributed by atoms with van der Waals surface area (Å²) in [6.07, 6.45) is 0. The van der Waals surface area contributed by atoms with E-state index in [0.717, 1.165) is 0 Å². The van der Waals surface area contributed by atoms with Crippen LogP contribution in [0.2, 0.25) is 0 Å². The van der Waals surface area contributed by atoms with Gasteiger partial charge in [-0.25, -0.2) is 18.2 Å². The van der Waals surface area contributed by atoms with E-state index in [1.807, 2.05) is 0 Å². The van der Waals surface area contributed by atoms with E-state index in [0.29, 0.717) is 12.1 Å². The molecule has 5 nitrogen and oxygen atoms in total. The molecule has 8 heteroatoms. The Morgan fingerprint density at radius 2 is 1.79 bits per heavy atom. The zero-order valence-corrected chi connectivity index (χ0v) is 9.28. The third-order valence-electron chi connectivity index (χ3n) is 2.31. The summed E-state index contributed by atoms with van der Waals surface area (Å²) < 4.78 is 39.9. The zero-order chi connectivity index (χ0) is 14.2. The Balaban J connectivity index is 2.83. The van der Waals surface area contributed by atoms with Gasteiger partial charge in [0.2, 0.25) is 5.95 Å². The SMILES string of the molecule is N#Cc1c(N)nc(N)nc1-c1cc(F)cc(F)c1F. The van der Waals surface area contributed by atoms with E-state index < -0.39 is 23.0 Å². The van der Waals surface area contributed by atoms with Crippen LogP contribution >= 0.6 is 0 Å². The fourth-order valence-electron chi connectivity index (χ4n) is 1.53. The Labute approximate surface area is 105 Å². The first kappa shape index (κ1) is 12.6. The molecule has 0 unspecified atom stereocenters. The number of nitriles is 1. The highest BCUT2D eigenvalue weighted by molar-refractivity contribution is 5.73. The van der Waals surface area contributed by atoms with Gasteiger partial charge in [-0.1, -0.05) is 0 Å². The Bertz CT molecular complexity index is 708. The van der Waals surface area contributed by atoms with Crippen molar-refractivity contribution in [1.29, 1.82) is 5.26 Å². The molecule has 96 valence electrons. The predicted octanol–water partition coefficient (Wildman–Crippen LogP) is 1.60. The highest BCUT2D eigenvalue weighted by Crippen LogP contribution is 2.29. The van der Waals surface area contributed by atoms with Gasteiger partial charge >= 0.3 is 0 Å². The predicted molar refractivity (Wildman–Crippen MR) is 60.9 cm³/mol. The molecule has 0 aliphatic rings. The molecule has 1 aromatic carbocycles. The molecular formula is C11H6F3N5. The molecule has 0 aliphatic heterocycles. The summed E-state index contributed by atoms with van der Waals surface area (Å²) in [4.78, 5) is 7.13. The highest BCUT2D eigenvalue weighted by atomic mass is 19.2. The molecule has 19 heavy (non-hydrogen) atoms. The summed E-state index contributed by atoms with van der Waals surface area (Å²) in [6.45, 7) is 0. The number of hydrogen-bond donors (Lipinski definition) is 2. The van der Waals surface area contributed by atoms with Gasteiger partial charge in [0.1, 0.15) is 23.3 Å². The average Bonchev–Trinajstić information content (AvgIpc) is 2.33. The molecule has 0 fully saturated rings. The molecule has 4 N–H and O–H groups in total. The Hall–Kier alpha value is -2.82. The van der Waals surface area contributed by atoms with E-state index in [4.69, 9.17) is 16.7 Å². The molecule has 0 aliphatic carbocycles. The lowest BCUT2D eigenvalue weighted by Crippen LogP contribution is -2.06. The van der Waals surface area contributed by atoms with Crippen LogP contribution in [0.4, 0.5) is 24.9 Å². The number of nitrogens with two attached hydrogens (primary N) is 2. The first-order valence-corrected chi connectivity index (χ1v) is 4.92. The fraction of sp³-hybridized carbons (Fsp3) is 0. The summed E-state index contributed by atoms with van der Waals surface area (Å²) in [5, 5.41) is 8.92. The molecule has 2 rings (SSSR count). The van der Waals surface area contributed by atoms with Gasteiger partial charge in [-0.15, -0.1) is 0 Å². The van der Waals surface area contributed by atoms with Crippen LogP contribution in [0.15, 0.2) is 12.1 Å². The van der Waals surface area contributed by atoms with E-state index >= 15 is 0 Å². The van der Waals surface area contributed by atoms with Gasteiger partial charge in [-0.05, 0) is 6.07 Å². The van der Waals surface area contributed by atoms with Crippen LogP contribution in [0.25, 0.3) is 11.3 Å². The molecule has 0 atom stereocenters. The summed E-state index contributed by atoms with van der Waals surface area (Å²) >= 11 is 0. The zero-order valence-electron chi connectivity index (χ0n) is 9.28. The summed E-state index contributed by atoms with van der Waals surface area (Å²) in [5.41, 5.74) is 9.55. The Morgan fingerprint density at radius 3 is 2.42 bits per heavy atom. The van der Waals surface area contributed by atoms with Crippen molar-refractivity contribution in [3.05, 3.63) is 35.1 Å². The summed E-state index contributed by atoms with van der Waals surface area (Å²) in [5.74, 6) is -4.41. The van der Waals surface area contributed by atoms with Crippen molar-refractivity contribution < 1.29 is 13.2 Å². The van der Waals surface area contributed by atoms with E-state index in [1.54, 1.807) is 6.07 Å². The number of hydrogen-bond acceptors (Lipinski definition) is 5. The number of anilines is 2. The number of nitrogen functional groups attached to an aromatic ring is 2. The Morgan fingerprint density at radius 1 is 1.11 bits per heavy atom. The van der Waals surface area contributed by atoms with Crippen LogP contribution < -0.4 is 11.5 Å². The molecule has 0 radical (unpaired) electrons. The van der Waals surface area contributed by atoms with Crippen molar-refractivity contribution >= 4 is 11.8 Å². The monoisotopic (exact) mass is 265 g/mol. The molecule has 2 aromatic rings. The fourth-order valence-corrected chi connectivity index (χ4v) is 1.53. The number of aromatic nitrogens is 2. The van der Waals surface area contributed by atoms with Crippen molar-refractivity contribution in [3.8, 4) is 17.3 Å². The van der Waals surface area contributed by atoms with E-state index in [-0.39, 0.29) is 23.0 Å². The maximum atomic E-state index is 13.7. The van der Waals surface area contributed by atoms with Crippen molar-refractivity contribution in [2.75, 3.05) is 11.5 Å². The van der Waals surface area contributed by atoms with Crippen LogP contribution in [-0.4, -0.2) is 9.97 Å². The van der Waals surface area contributed by atoms with E-state index in [2.05, 4.69) is 9.97 Å². The number of halogens is 3. The molecule has 0 amide bonds. The molecule has 1 aromatic heterocycles. The maximum Gasteiger partial charge on any atom is 0.222 e. The van der Waals surface area contributed by atoms with Gasteiger partial charge in [0, 0.05) is 11.6 Å². The normalized spacial score (nSPS) is 10.2. The molecular weight excluding hydrogens is 259 g/mol. The molecule has 0 saturated heterocycles. The van der Waals surface area contributed by atoms with Crippen molar-refractivity contribution in [3.63, 3.8) is 0 Å². The van der Waals surface area contributed by atoms with Crippen molar-refractivity contribution in [1.82, 2.24) is 9.97 Å². The van der Waals surface area contributed by atoms with Crippen LogP contribution in [0.3, 0.4) is 0 Å².